The zero-order valence-corrected chi connectivity index (χ0v) is 26.3. The third kappa shape index (κ3) is 3.90. The number of fused-ring (bicyclic) bond motifs is 9. The van der Waals surface area contributed by atoms with Crippen LogP contribution in [0.2, 0.25) is 0 Å². The maximum atomic E-state index is 2.50. The minimum Gasteiger partial charge on any atom is -0.0622 e. The smallest absolute Gasteiger partial charge is 0.000137 e. The first-order valence-corrected chi connectivity index (χ1v) is 16.7. The normalized spacial score (nSPS) is 14.0. The molecule has 0 bridgehead atoms. The van der Waals surface area contributed by atoms with Gasteiger partial charge in [-0.1, -0.05) is 170 Å². The van der Waals surface area contributed by atoms with Gasteiger partial charge in [-0.05, 0) is 111 Å². The van der Waals surface area contributed by atoms with Crippen molar-refractivity contribution in [2.24, 2.45) is 0 Å². The Morgan fingerprint density at radius 2 is 0.458 bits per heavy atom. The molecular formula is C48H30. The summed E-state index contributed by atoms with van der Waals surface area (Å²) in [5.41, 5.74) is 15.4. The van der Waals surface area contributed by atoms with Crippen molar-refractivity contribution < 1.29 is 0 Å². The Labute approximate surface area is 280 Å². The molecule has 2 aliphatic rings. The Hall–Kier alpha value is -6.24. The first-order valence-electron chi connectivity index (χ1n) is 16.7. The van der Waals surface area contributed by atoms with Crippen molar-refractivity contribution in [3.63, 3.8) is 0 Å². The predicted octanol–water partition coefficient (Wildman–Crippen LogP) is 12.5. The van der Waals surface area contributed by atoms with Crippen LogP contribution < -0.4 is 0 Å². The molecule has 0 unspecified atom stereocenters. The first-order chi connectivity index (χ1) is 23.9. The summed E-state index contributed by atoms with van der Waals surface area (Å²) in [6.07, 6.45) is 0. The Balaban J connectivity index is 1.44. The van der Waals surface area contributed by atoms with E-state index < -0.39 is 0 Å². The van der Waals surface area contributed by atoms with Crippen molar-refractivity contribution in [2.45, 2.75) is 0 Å². The van der Waals surface area contributed by atoms with Gasteiger partial charge in [0.2, 0.25) is 0 Å². The molecule has 0 nitrogen and oxygen atoms in total. The van der Waals surface area contributed by atoms with Gasteiger partial charge in [-0.2, -0.15) is 0 Å². The highest BCUT2D eigenvalue weighted by atomic mass is 14.4. The van der Waals surface area contributed by atoms with Crippen molar-refractivity contribution >= 4 is 60.2 Å². The summed E-state index contributed by atoms with van der Waals surface area (Å²) >= 11 is 0. The van der Waals surface area contributed by atoms with Crippen LogP contribution in [0.1, 0.15) is 33.4 Å². The van der Waals surface area contributed by atoms with E-state index in [1.54, 1.807) is 0 Å². The first kappa shape index (κ1) is 26.9. The van der Waals surface area contributed by atoms with Crippen molar-refractivity contribution in [2.75, 3.05) is 0 Å². The highest BCUT2D eigenvalue weighted by molar-refractivity contribution is 6.40. The summed E-state index contributed by atoms with van der Waals surface area (Å²) in [6, 6.07) is 66.8. The fraction of sp³-hybridized carbons (Fsp3) is 0. The lowest BCUT2D eigenvalue weighted by atomic mass is 9.85. The highest BCUT2D eigenvalue weighted by Gasteiger charge is 2.40. The summed E-state index contributed by atoms with van der Waals surface area (Å²) < 4.78 is 0. The molecule has 0 fully saturated rings. The number of hydrogen-bond donors (Lipinski definition) is 0. The molecule has 0 aromatic heterocycles. The SMILES string of the molecule is c1ccc(C2=C(c3ccccc3)C(c3ccccc3)=C3C2=C(c2ccccc2)c2cc4c5ccccc5c5ccccc5c4cc23)cc1. The maximum absolute atomic E-state index is 2.50. The molecule has 8 aromatic rings. The van der Waals surface area contributed by atoms with Crippen molar-refractivity contribution in [3.8, 4) is 0 Å². The second-order valence-corrected chi connectivity index (χ2v) is 12.7. The average molecular weight is 607 g/mol. The monoisotopic (exact) mass is 606 g/mol. The van der Waals surface area contributed by atoms with E-state index in [9.17, 15) is 0 Å². The zero-order chi connectivity index (χ0) is 31.6. The summed E-state index contributed by atoms with van der Waals surface area (Å²) in [6.45, 7) is 0. The average Bonchev–Trinajstić information content (AvgIpc) is 3.68. The van der Waals surface area contributed by atoms with Gasteiger partial charge in [-0.15, -0.1) is 0 Å². The molecule has 0 amide bonds. The summed E-state index contributed by atoms with van der Waals surface area (Å²) in [5, 5.41) is 7.78. The standard InChI is InChI=1S/C48H30/c1-5-17-31(18-6-1)43-41-29-39-37-27-15-13-25-35(37)36-26-14-16-28-38(36)40(39)30-42(41)47-45(33-21-9-3-10-22-33)44(32-19-7-2-8-20-32)46(48(43)47)34-23-11-4-12-24-34/h1-30H. The Kier molecular flexibility index (Phi) is 5.98. The minimum absolute atomic E-state index is 1.23. The quantitative estimate of drug-likeness (QED) is 0.175. The van der Waals surface area contributed by atoms with E-state index in [2.05, 4.69) is 182 Å². The molecule has 8 aromatic carbocycles. The van der Waals surface area contributed by atoms with Gasteiger partial charge in [0, 0.05) is 0 Å². The summed E-state index contributed by atoms with van der Waals surface area (Å²) in [5.74, 6) is 0. The van der Waals surface area contributed by atoms with E-state index in [0.29, 0.717) is 0 Å². The molecule has 222 valence electrons. The van der Waals surface area contributed by atoms with E-state index in [1.165, 1.54) is 99.1 Å². The molecule has 0 spiro atoms. The minimum atomic E-state index is 1.23. The molecule has 0 atom stereocenters. The van der Waals surface area contributed by atoms with Gasteiger partial charge in [0.1, 0.15) is 0 Å². The fourth-order valence-corrected chi connectivity index (χ4v) is 8.23. The summed E-state index contributed by atoms with van der Waals surface area (Å²) in [4.78, 5) is 0. The molecule has 0 N–H and O–H groups in total. The van der Waals surface area contributed by atoms with Gasteiger partial charge >= 0.3 is 0 Å². The van der Waals surface area contributed by atoms with E-state index in [4.69, 9.17) is 0 Å². The highest BCUT2D eigenvalue weighted by Crippen LogP contribution is 2.62. The van der Waals surface area contributed by atoms with Crippen LogP contribution in [0.3, 0.4) is 0 Å². The van der Waals surface area contributed by atoms with Crippen LogP contribution in [0.4, 0.5) is 0 Å². The Morgan fingerprint density at radius 1 is 0.188 bits per heavy atom. The molecule has 0 saturated heterocycles. The Morgan fingerprint density at radius 3 is 0.854 bits per heavy atom. The van der Waals surface area contributed by atoms with Gasteiger partial charge < -0.3 is 0 Å². The maximum Gasteiger partial charge on any atom is -0.000137 e. The van der Waals surface area contributed by atoms with Crippen LogP contribution in [0.15, 0.2) is 188 Å². The molecule has 0 aliphatic heterocycles. The van der Waals surface area contributed by atoms with Crippen LogP contribution in [-0.2, 0) is 0 Å². The lowest BCUT2D eigenvalue weighted by molar-refractivity contribution is 1.55. The van der Waals surface area contributed by atoms with Crippen LogP contribution in [-0.4, -0.2) is 0 Å². The molecule has 0 radical (unpaired) electrons. The van der Waals surface area contributed by atoms with Gasteiger partial charge in [0.25, 0.3) is 0 Å². The Bertz CT molecular complexity index is 2660. The number of hydrogen-bond acceptors (Lipinski definition) is 0. The largest absolute Gasteiger partial charge is 0.0622 e. The second-order valence-electron chi connectivity index (χ2n) is 12.7. The van der Waals surface area contributed by atoms with E-state index in [-0.39, 0.29) is 0 Å². The van der Waals surface area contributed by atoms with E-state index in [0.717, 1.165) is 0 Å². The fourth-order valence-electron chi connectivity index (χ4n) is 8.23. The third-order valence-corrected chi connectivity index (χ3v) is 10.2. The van der Waals surface area contributed by atoms with Crippen LogP contribution in [0.25, 0.3) is 60.2 Å². The van der Waals surface area contributed by atoms with Gasteiger partial charge in [0.15, 0.2) is 0 Å². The van der Waals surface area contributed by atoms with Gasteiger partial charge in [0.05, 0.1) is 0 Å². The number of allylic oxidation sites excluding steroid dienone is 5. The molecule has 2 aliphatic carbocycles. The van der Waals surface area contributed by atoms with Gasteiger partial charge in [-0.3, -0.25) is 0 Å². The molecule has 10 rings (SSSR count). The molecular weight excluding hydrogens is 577 g/mol. The van der Waals surface area contributed by atoms with Crippen molar-refractivity contribution in [1.82, 2.24) is 0 Å². The van der Waals surface area contributed by atoms with Crippen LogP contribution in [0, 0.1) is 0 Å². The third-order valence-electron chi connectivity index (χ3n) is 10.2. The lowest BCUT2D eigenvalue weighted by Gasteiger charge is -2.18. The number of benzene rings is 8. The van der Waals surface area contributed by atoms with Crippen molar-refractivity contribution in [3.05, 3.63) is 221 Å². The van der Waals surface area contributed by atoms with Crippen molar-refractivity contribution in [1.29, 1.82) is 0 Å². The van der Waals surface area contributed by atoms with E-state index >= 15 is 0 Å². The van der Waals surface area contributed by atoms with Crippen LogP contribution >= 0.6 is 0 Å². The predicted molar refractivity (Wildman–Crippen MR) is 204 cm³/mol. The zero-order valence-electron chi connectivity index (χ0n) is 26.3. The lowest BCUT2D eigenvalue weighted by Crippen LogP contribution is -1.96. The molecule has 0 heterocycles. The molecule has 0 saturated carbocycles. The van der Waals surface area contributed by atoms with Crippen LogP contribution in [0.5, 0.6) is 0 Å². The van der Waals surface area contributed by atoms with Gasteiger partial charge in [-0.25, -0.2) is 0 Å². The topological polar surface area (TPSA) is 0 Å². The second kappa shape index (κ2) is 10.7. The molecule has 0 heteroatoms. The van der Waals surface area contributed by atoms with E-state index in [1.807, 2.05) is 0 Å². The number of rotatable bonds is 4. The summed E-state index contributed by atoms with van der Waals surface area (Å²) in [7, 11) is 0. The molecule has 48 heavy (non-hydrogen) atoms.